The van der Waals surface area contributed by atoms with Crippen LogP contribution in [0.3, 0.4) is 0 Å². The minimum atomic E-state index is 0.342. The maximum atomic E-state index is 12.5. The van der Waals surface area contributed by atoms with Crippen molar-refractivity contribution in [1.29, 1.82) is 0 Å². The summed E-state index contributed by atoms with van der Waals surface area (Å²) in [6.45, 7) is 3.05. The average molecular weight is 280 g/mol. The van der Waals surface area contributed by atoms with Crippen molar-refractivity contribution < 1.29 is 9.53 Å². The summed E-state index contributed by atoms with van der Waals surface area (Å²) in [5.41, 5.74) is 0. The maximum Gasteiger partial charge on any atom is 0.222 e. The summed E-state index contributed by atoms with van der Waals surface area (Å²) in [7, 11) is 2.21. The van der Waals surface area contributed by atoms with Crippen molar-refractivity contribution >= 4 is 5.91 Å². The summed E-state index contributed by atoms with van der Waals surface area (Å²) in [5, 5.41) is 0. The lowest BCUT2D eigenvalue weighted by Crippen LogP contribution is -2.47. The Morgan fingerprint density at radius 3 is 2.60 bits per heavy atom. The number of hydrogen-bond donors (Lipinski definition) is 0. The molecule has 1 amide bonds. The van der Waals surface area contributed by atoms with Crippen LogP contribution in [0, 0.1) is 0 Å². The van der Waals surface area contributed by atoms with Gasteiger partial charge in [0.05, 0.1) is 6.10 Å². The fraction of sp³-hybridized carbons (Fsp3) is 0.938. The van der Waals surface area contributed by atoms with Gasteiger partial charge < -0.3 is 14.5 Å². The van der Waals surface area contributed by atoms with Gasteiger partial charge in [-0.05, 0) is 58.5 Å². The van der Waals surface area contributed by atoms with Crippen molar-refractivity contribution in [2.45, 2.75) is 69.6 Å². The number of likely N-dealkylation sites (N-methyl/N-ethyl adjacent to an activating group) is 1. The normalized spacial score (nSPS) is 35.0. The zero-order valence-electron chi connectivity index (χ0n) is 12.7. The largest absolute Gasteiger partial charge is 0.378 e. The summed E-state index contributed by atoms with van der Waals surface area (Å²) in [5.74, 6) is 0.364. The van der Waals surface area contributed by atoms with Gasteiger partial charge in [-0.3, -0.25) is 4.79 Å². The van der Waals surface area contributed by atoms with Crippen LogP contribution >= 0.6 is 0 Å². The molecule has 20 heavy (non-hydrogen) atoms. The van der Waals surface area contributed by atoms with E-state index >= 15 is 0 Å². The van der Waals surface area contributed by atoms with Gasteiger partial charge in [-0.25, -0.2) is 0 Å². The standard InChI is InChI=1S/C16H28N2O2/c1-17-10-2-6-14(17)15-7-3-11-18(15)16(19)9-8-13-5-4-12-20-13/h13-15H,2-12H2,1H3/t13-,14-,15-/m1/s1. The van der Waals surface area contributed by atoms with Crippen molar-refractivity contribution in [2.75, 3.05) is 26.7 Å². The Bertz CT molecular complexity index is 341. The first-order chi connectivity index (χ1) is 9.75. The molecule has 0 spiro atoms. The van der Waals surface area contributed by atoms with Crippen LogP contribution in [-0.4, -0.2) is 60.6 Å². The van der Waals surface area contributed by atoms with E-state index in [0.717, 1.165) is 32.4 Å². The first-order valence-corrected chi connectivity index (χ1v) is 8.37. The van der Waals surface area contributed by atoms with Crippen LogP contribution in [0.4, 0.5) is 0 Å². The Morgan fingerprint density at radius 1 is 1.10 bits per heavy atom. The Kier molecular flexibility index (Phi) is 4.61. The molecule has 3 fully saturated rings. The van der Waals surface area contributed by atoms with E-state index in [1.807, 2.05) is 0 Å². The molecule has 4 heteroatoms. The second-order valence-corrected chi connectivity index (χ2v) is 6.66. The Morgan fingerprint density at radius 2 is 1.90 bits per heavy atom. The van der Waals surface area contributed by atoms with E-state index in [4.69, 9.17) is 4.74 Å². The minimum Gasteiger partial charge on any atom is -0.378 e. The lowest BCUT2D eigenvalue weighted by atomic mass is 10.0. The van der Waals surface area contributed by atoms with E-state index < -0.39 is 0 Å². The molecule has 3 saturated heterocycles. The molecule has 4 nitrogen and oxygen atoms in total. The van der Waals surface area contributed by atoms with Gasteiger partial charge in [0, 0.05) is 31.7 Å². The minimum absolute atomic E-state index is 0.342. The molecule has 0 aromatic heterocycles. The van der Waals surface area contributed by atoms with Gasteiger partial charge in [0.2, 0.25) is 5.91 Å². The monoisotopic (exact) mass is 280 g/mol. The van der Waals surface area contributed by atoms with Crippen LogP contribution in [0.1, 0.15) is 51.4 Å². The maximum absolute atomic E-state index is 12.5. The molecule has 3 rings (SSSR count). The molecule has 0 saturated carbocycles. The predicted molar refractivity (Wildman–Crippen MR) is 78.6 cm³/mol. The van der Waals surface area contributed by atoms with Gasteiger partial charge in [0.25, 0.3) is 0 Å². The summed E-state index contributed by atoms with van der Waals surface area (Å²) < 4.78 is 5.63. The van der Waals surface area contributed by atoms with Gasteiger partial charge in [-0.2, -0.15) is 0 Å². The highest BCUT2D eigenvalue weighted by Gasteiger charge is 2.38. The first kappa shape index (κ1) is 14.3. The molecule has 3 aliphatic rings. The molecular formula is C16H28N2O2. The predicted octanol–water partition coefficient (Wildman–Crippen LogP) is 2.03. The highest BCUT2D eigenvalue weighted by Crippen LogP contribution is 2.30. The van der Waals surface area contributed by atoms with Gasteiger partial charge in [0.1, 0.15) is 0 Å². The molecular weight excluding hydrogens is 252 g/mol. The number of ether oxygens (including phenoxy) is 1. The fourth-order valence-corrected chi connectivity index (χ4v) is 4.22. The Labute approximate surface area is 122 Å². The summed E-state index contributed by atoms with van der Waals surface area (Å²) in [6, 6.07) is 1.07. The van der Waals surface area contributed by atoms with Gasteiger partial charge in [-0.15, -0.1) is 0 Å². The van der Waals surface area contributed by atoms with Crippen molar-refractivity contribution in [2.24, 2.45) is 0 Å². The topological polar surface area (TPSA) is 32.8 Å². The van der Waals surface area contributed by atoms with Gasteiger partial charge >= 0.3 is 0 Å². The zero-order chi connectivity index (χ0) is 13.9. The number of carbonyl (C=O) groups is 1. The van der Waals surface area contributed by atoms with E-state index in [2.05, 4.69) is 16.8 Å². The molecule has 114 valence electrons. The zero-order valence-corrected chi connectivity index (χ0v) is 12.7. The molecule has 3 atom stereocenters. The van der Waals surface area contributed by atoms with Gasteiger partial charge in [-0.1, -0.05) is 0 Å². The summed E-state index contributed by atoms with van der Waals surface area (Å²) in [4.78, 5) is 17.2. The van der Waals surface area contributed by atoms with E-state index in [9.17, 15) is 4.79 Å². The van der Waals surface area contributed by atoms with Crippen molar-refractivity contribution in [3.8, 4) is 0 Å². The second-order valence-electron chi connectivity index (χ2n) is 6.66. The molecule has 0 radical (unpaired) electrons. The third kappa shape index (κ3) is 3.01. The SMILES string of the molecule is CN1CCC[C@@H]1[C@H]1CCCN1C(=O)CC[C@H]1CCCO1. The summed E-state index contributed by atoms with van der Waals surface area (Å²) in [6.07, 6.45) is 9.17. The summed E-state index contributed by atoms with van der Waals surface area (Å²) >= 11 is 0. The van der Waals surface area contributed by atoms with Crippen molar-refractivity contribution in [3.63, 3.8) is 0 Å². The smallest absolute Gasteiger partial charge is 0.222 e. The van der Waals surface area contributed by atoms with Crippen LogP contribution in [-0.2, 0) is 9.53 Å². The van der Waals surface area contributed by atoms with Crippen molar-refractivity contribution in [3.05, 3.63) is 0 Å². The molecule has 0 bridgehead atoms. The number of likely N-dealkylation sites (tertiary alicyclic amines) is 2. The van der Waals surface area contributed by atoms with E-state index in [0.29, 0.717) is 30.5 Å². The van der Waals surface area contributed by atoms with Crippen LogP contribution in [0.2, 0.25) is 0 Å². The van der Waals surface area contributed by atoms with Crippen LogP contribution < -0.4 is 0 Å². The van der Waals surface area contributed by atoms with Crippen LogP contribution in [0.5, 0.6) is 0 Å². The van der Waals surface area contributed by atoms with Crippen LogP contribution in [0.25, 0.3) is 0 Å². The number of amides is 1. The quantitative estimate of drug-likeness (QED) is 0.790. The molecule has 0 unspecified atom stereocenters. The Balaban J connectivity index is 1.52. The van der Waals surface area contributed by atoms with Crippen molar-refractivity contribution in [1.82, 2.24) is 9.80 Å². The first-order valence-electron chi connectivity index (χ1n) is 8.37. The van der Waals surface area contributed by atoms with Gasteiger partial charge in [0.15, 0.2) is 0 Å². The van der Waals surface area contributed by atoms with E-state index in [1.165, 1.54) is 32.2 Å². The fourth-order valence-electron chi connectivity index (χ4n) is 4.22. The number of nitrogens with zero attached hydrogens (tertiary/aromatic N) is 2. The lowest BCUT2D eigenvalue weighted by Gasteiger charge is -2.33. The number of rotatable bonds is 4. The molecule has 3 aliphatic heterocycles. The number of carbonyl (C=O) groups excluding carboxylic acids is 1. The second kappa shape index (κ2) is 6.44. The third-order valence-corrected chi connectivity index (χ3v) is 5.34. The number of hydrogen-bond acceptors (Lipinski definition) is 3. The Hall–Kier alpha value is -0.610. The van der Waals surface area contributed by atoms with Crippen LogP contribution in [0.15, 0.2) is 0 Å². The molecule has 0 N–H and O–H groups in total. The average Bonchev–Trinajstić information content (AvgIpc) is 3.16. The molecule has 0 aromatic carbocycles. The highest BCUT2D eigenvalue weighted by molar-refractivity contribution is 5.77. The third-order valence-electron chi connectivity index (χ3n) is 5.34. The molecule has 0 aromatic rings. The van der Waals surface area contributed by atoms with E-state index in [-0.39, 0.29) is 0 Å². The lowest BCUT2D eigenvalue weighted by molar-refractivity contribution is -0.133. The molecule has 0 aliphatic carbocycles. The molecule has 3 heterocycles. The highest BCUT2D eigenvalue weighted by atomic mass is 16.5. The van der Waals surface area contributed by atoms with E-state index in [1.54, 1.807) is 0 Å².